The summed E-state index contributed by atoms with van der Waals surface area (Å²) in [5.74, 6) is 1.36. The van der Waals surface area contributed by atoms with Gasteiger partial charge in [-0.3, -0.25) is 4.68 Å². The van der Waals surface area contributed by atoms with Crippen LogP contribution < -0.4 is 0 Å². The number of aliphatic hydroxyl groups is 1. The second-order valence-corrected chi connectivity index (χ2v) is 6.87. The predicted octanol–water partition coefficient (Wildman–Crippen LogP) is 4.45. The highest BCUT2D eigenvalue weighted by Crippen LogP contribution is 2.42. The standard InChI is InChI=1S/C16H27ClN2O/c1-5-11-7-6-8-12(9-11)15(20)13-14(10(2)3)18-19(4)16(13)17/h10-12,15,20H,5-9H2,1-4H3. The maximum Gasteiger partial charge on any atom is 0.132 e. The molecule has 0 amide bonds. The number of hydrogen-bond acceptors (Lipinski definition) is 2. The van der Waals surface area contributed by atoms with Crippen molar-refractivity contribution in [3.63, 3.8) is 0 Å². The van der Waals surface area contributed by atoms with Gasteiger partial charge in [-0.2, -0.15) is 5.10 Å². The maximum atomic E-state index is 10.8. The first-order valence-electron chi connectivity index (χ1n) is 7.86. The largest absolute Gasteiger partial charge is 0.388 e. The molecule has 0 radical (unpaired) electrons. The molecule has 2 rings (SSSR count). The molecule has 3 nitrogen and oxygen atoms in total. The molecular formula is C16H27ClN2O. The molecule has 0 bridgehead atoms. The molecule has 3 unspecified atom stereocenters. The van der Waals surface area contributed by atoms with Gasteiger partial charge in [0.2, 0.25) is 0 Å². The van der Waals surface area contributed by atoms with Crippen LogP contribution in [0.15, 0.2) is 0 Å². The van der Waals surface area contributed by atoms with Crippen LogP contribution in [0.1, 0.15) is 76.2 Å². The molecular weight excluding hydrogens is 272 g/mol. The van der Waals surface area contributed by atoms with E-state index in [1.165, 1.54) is 19.3 Å². The molecule has 0 aromatic carbocycles. The molecule has 1 fully saturated rings. The molecule has 1 aromatic rings. The molecule has 1 aliphatic rings. The summed E-state index contributed by atoms with van der Waals surface area (Å²) in [7, 11) is 1.85. The summed E-state index contributed by atoms with van der Waals surface area (Å²) >= 11 is 6.38. The lowest BCUT2D eigenvalue weighted by molar-refractivity contribution is 0.0670. The minimum atomic E-state index is -0.469. The minimum absolute atomic E-state index is 0.281. The Kier molecular flexibility index (Phi) is 5.14. The van der Waals surface area contributed by atoms with Gasteiger partial charge in [0.15, 0.2) is 0 Å². The van der Waals surface area contributed by atoms with Crippen molar-refractivity contribution < 1.29 is 5.11 Å². The Bertz CT molecular complexity index is 456. The van der Waals surface area contributed by atoms with Crippen molar-refractivity contribution in [2.75, 3.05) is 0 Å². The average molecular weight is 299 g/mol. The monoisotopic (exact) mass is 298 g/mol. The summed E-state index contributed by atoms with van der Waals surface area (Å²) in [6.07, 6.45) is 5.47. The van der Waals surface area contributed by atoms with Gasteiger partial charge in [0, 0.05) is 12.6 Å². The van der Waals surface area contributed by atoms with E-state index in [2.05, 4.69) is 25.9 Å². The van der Waals surface area contributed by atoms with E-state index in [1.54, 1.807) is 4.68 Å². The summed E-state index contributed by atoms with van der Waals surface area (Å²) in [5, 5.41) is 15.9. The van der Waals surface area contributed by atoms with Gasteiger partial charge in [0.05, 0.1) is 11.8 Å². The van der Waals surface area contributed by atoms with Gasteiger partial charge in [-0.05, 0) is 30.6 Å². The third-order valence-electron chi connectivity index (χ3n) is 4.73. The second kappa shape index (κ2) is 6.48. The van der Waals surface area contributed by atoms with Crippen molar-refractivity contribution in [1.29, 1.82) is 0 Å². The van der Waals surface area contributed by atoms with Crippen molar-refractivity contribution in [1.82, 2.24) is 9.78 Å². The van der Waals surface area contributed by atoms with E-state index in [1.807, 2.05) is 7.05 Å². The van der Waals surface area contributed by atoms with E-state index in [-0.39, 0.29) is 5.92 Å². The van der Waals surface area contributed by atoms with E-state index in [4.69, 9.17) is 11.6 Å². The van der Waals surface area contributed by atoms with Crippen LogP contribution in [-0.4, -0.2) is 14.9 Å². The molecule has 114 valence electrons. The van der Waals surface area contributed by atoms with Crippen molar-refractivity contribution in [2.24, 2.45) is 18.9 Å². The average Bonchev–Trinajstić information content (AvgIpc) is 2.74. The number of aliphatic hydroxyl groups excluding tert-OH is 1. The van der Waals surface area contributed by atoms with E-state index in [0.717, 1.165) is 30.0 Å². The summed E-state index contributed by atoms with van der Waals surface area (Å²) in [6, 6.07) is 0. The third-order valence-corrected chi connectivity index (χ3v) is 5.18. The quantitative estimate of drug-likeness (QED) is 0.892. The lowest BCUT2D eigenvalue weighted by Crippen LogP contribution is -2.22. The Morgan fingerprint density at radius 3 is 2.70 bits per heavy atom. The highest BCUT2D eigenvalue weighted by atomic mass is 35.5. The van der Waals surface area contributed by atoms with Crippen LogP contribution in [0.25, 0.3) is 0 Å². The zero-order chi connectivity index (χ0) is 14.9. The SMILES string of the molecule is CCC1CCCC(C(O)c2c(C(C)C)nn(C)c2Cl)C1. The molecule has 1 heterocycles. The molecule has 3 atom stereocenters. The third kappa shape index (κ3) is 3.04. The fraction of sp³-hybridized carbons (Fsp3) is 0.812. The van der Waals surface area contributed by atoms with Crippen molar-refractivity contribution in [3.05, 3.63) is 16.4 Å². The molecule has 0 saturated heterocycles. The van der Waals surface area contributed by atoms with Gasteiger partial charge >= 0.3 is 0 Å². The van der Waals surface area contributed by atoms with E-state index in [0.29, 0.717) is 11.1 Å². The van der Waals surface area contributed by atoms with Gasteiger partial charge in [-0.1, -0.05) is 51.6 Å². The summed E-state index contributed by atoms with van der Waals surface area (Å²) in [6.45, 7) is 6.45. The summed E-state index contributed by atoms with van der Waals surface area (Å²) in [5.41, 5.74) is 1.81. The van der Waals surface area contributed by atoms with Gasteiger partial charge in [-0.15, -0.1) is 0 Å². The number of nitrogens with zero attached hydrogens (tertiary/aromatic N) is 2. The Hall–Kier alpha value is -0.540. The van der Waals surface area contributed by atoms with Crippen LogP contribution in [0.3, 0.4) is 0 Å². The smallest absolute Gasteiger partial charge is 0.132 e. The van der Waals surface area contributed by atoms with Crippen LogP contribution in [0.2, 0.25) is 5.15 Å². The molecule has 0 spiro atoms. The minimum Gasteiger partial charge on any atom is -0.388 e. The molecule has 1 aliphatic carbocycles. The lowest BCUT2D eigenvalue weighted by Gasteiger charge is -2.32. The van der Waals surface area contributed by atoms with Crippen molar-refractivity contribution >= 4 is 11.6 Å². The Morgan fingerprint density at radius 2 is 2.10 bits per heavy atom. The van der Waals surface area contributed by atoms with Crippen molar-refractivity contribution in [2.45, 2.75) is 64.9 Å². The first-order chi connectivity index (χ1) is 9.45. The second-order valence-electron chi connectivity index (χ2n) is 6.51. The summed E-state index contributed by atoms with van der Waals surface area (Å²) < 4.78 is 1.69. The van der Waals surface area contributed by atoms with Crippen molar-refractivity contribution in [3.8, 4) is 0 Å². The van der Waals surface area contributed by atoms with Gasteiger partial charge in [0.25, 0.3) is 0 Å². The van der Waals surface area contributed by atoms with Crippen LogP contribution in [0, 0.1) is 11.8 Å². The lowest BCUT2D eigenvalue weighted by atomic mass is 9.76. The van der Waals surface area contributed by atoms with E-state index < -0.39 is 6.10 Å². The highest BCUT2D eigenvalue weighted by molar-refractivity contribution is 6.30. The zero-order valence-corrected chi connectivity index (χ0v) is 13.8. The molecule has 20 heavy (non-hydrogen) atoms. The molecule has 1 aromatic heterocycles. The molecule has 4 heteroatoms. The first kappa shape index (κ1) is 15.8. The maximum absolute atomic E-state index is 10.8. The fourth-order valence-corrected chi connectivity index (χ4v) is 3.71. The normalized spacial score (nSPS) is 25.1. The Labute approximate surface area is 127 Å². The van der Waals surface area contributed by atoms with Gasteiger partial charge in [0.1, 0.15) is 5.15 Å². The highest BCUT2D eigenvalue weighted by Gasteiger charge is 2.32. The number of hydrogen-bond donors (Lipinski definition) is 1. The van der Waals surface area contributed by atoms with E-state index >= 15 is 0 Å². The number of rotatable bonds is 4. The molecule has 1 saturated carbocycles. The van der Waals surface area contributed by atoms with Crippen LogP contribution >= 0.6 is 11.6 Å². The zero-order valence-electron chi connectivity index (χ0n) is 13.1. The van der Waals surface area contributed by atoms with Crippen LogP contribution in [-0.2, 0) is 7.05 Å². The first-order valence-corrected chi connectivity index (χ1v) is 8.23. The fourth-order valence-electron chi connectivity index (χ4n) is 3.47. The topological polar surface area (TPSA) is 38.1 Å². The van der Waals surface area contributed by atoms with Crippen LogP contribution in [0.4, 0.5) is 0 Å². The predicted molar refractivity (Wildman–Crippen MR) is 83.0 cm³/mol. The molecule has 1 N–H and O–H groups in total. The molecule has 0 aliphatic heterocycles. The van der Waals surface area contributed by atoms with E-state index in [9.17, 15) is 5.11 Å². The Balaban J connectivity index is 2.26. The van der Waals surface area contributed by atoms with Gasteiger partial charge < -0.3 is 5.11 Å². The van der Waals surface area contributed by atoms with Crippen LogP contribution in [0.5, 0.6) is 0 Å². The van der Waals surface area contributed by atoms with Gasteiger partial charge in [-0.25, -0.2) is 0 Å². The number of halogens is 1. The number of aryl methyl sites for hydroxylation is 1. The Morgan fingerprint density at radius 1 is 1.40 bits per heavy atom. The summed E-state index contributed by atoms with van der Waals surface area (Å²) in [4.78, 5) is 0. The number of aromatic nitrogens is 2.